The molecule has 0 bridgehead atoms. The predicted molar refractivity (Wildman–Crippen MR) is 71.7 cm³/mol. The van der Waals surface area contributed by atoms with Crippen LogP contribution >= 0.6 is 11.8 Å². The largest absolute Gasteiger partial charge is 0.333 e. The molecule has 1 N–H and O–H groups in total. The molecule has 0 aliphatic rings. The molecule has 1 heterocycles. The molecule has 1 aromatic rings. The summed E-state index contributed by atoms with van der Waals surface area (Å²) in [5.74, 6) is 2.17. The number of hydrogen-bond donors (Lipinski definition) is 1. The van der Waals surface area contributed by atoms with Crippen LogP contribution in [0.4, 0.5) is 0 Å². The molecule has 0 unspecified atom stereocenters. The maximum Gasteiger partial charge on any atom is 0.0948 e. The SMILES string of the molecule is C=CCSCCNCc1cncn1CCC. The minimum Gasteiger partial charge on any atom is -0.333 e. The highest BCUT2D eigenvalue weighted by Crippen LogP contribution is 2.01. The van der Waals surface area contributed by atoms with Gasteiger partial charge in [-0.05, 0) is 6.42 Å². The van der Waals surface area contributed by atoms with Crippen LogP contribution in [-0.4, -0.2) is 27.6 Å². The first-order valence-electron chi connectivity index (χ1n) is 5.76. The van der Waals surface area contributed by atoms with Crippen molar-refractivity contribution in [3.05, 3.63) is 30.9 Å². The Hall–Kier alpha value is -0.740. The minimum absolute atomic E-state index is 0.911. The molecule has 3 nitrogen and oxygen atoms in total. The molecule has 4 heteroatoms. The number of thioether (sulfide) groups is 1. The lowest BCUT2D eigenvalue weighted by Gasteiger charge is -2.07. The number of imidazole rings is 1. The Balaban J connectivity index is 2.16. The summed E-state index contributed by atoms with van der Waals surface area (Å²) in [4.78, 5) is 4.17. The van der Waals surface area contributed by atoms with Crippen molar-refractivity contribution in [2.75, 3.05) is 18.1 Å². The van der Waals surface area contributed by atoms with Gasteiger partial charge in [0.05, 0.1) is 12.0 Å². The van der Waals surface area contributed by atoms with E-state index in [9.17, 15) is 0 Å². The zero-order chi connectivity index (χ0) is 11.6. The highest BCUT2D eigenvalue weighted by Gasteiger charge is 1.99. The summed E-state index contributed by atoms with van der Waals surface area (Å²) >= 11 is 1.90. The second-order valence-electron chi connectivity index (χ2n) is 3.62. The fourth-order valence-electron chi connectivity index (χ4n) is 1.47. The van der Waals surface area contributed by atoms with E-state index in [1.165, 1.54) is 5.69 Å². The average molecular weight is 239 g/mol. The van der Waals surface area contributed by atoms with Gasteiger partial charge in [-0.2, -0.15) is 11.8 Å². The number of hydrogen-bond acceptors (Lipinski definition) is 3. The van der Waals surface area contributed by atoms with Gasteiger partial charge in [0, 0.05) is 37.3 Å². The standard InChI is InChI=1S/C12H21N3S/c1-3-6-15-11-14-10-12(15)9-13-5-8-16-7-4-2/h4,10-11,13H,2-3,5-9H2,1H3. The van der Waals surface area contributed by atoms with E-state index >= 15 is 0 Å². The quantitative estimate of drug-likeness (QED) is 0.530. The monoisotopic (exact) mass is 239 g/mol. The smallest absolute Gasteiger partial charge is 0.0948 e. The van der Waals surface area contributed by atoms with Gasteiger partial charge in [0.1, 0.15) is 0 Å². The Bertz CT molecular complexity index is 296. The van der Waals surface area contributed by atoms with E-state index in [2.05, 4.69) is 28.4 Å². The summed E-state index contributed by atoms with van der Waals surface area (Å²) in [5, 5.41) is 3.43. The normalized spacial score (nSPS) is 10.6. The van der Waals surface area contributed by atoms with E-state index in [0.29, 0.717) is 0 Å². The number of rotatable bonds is 9. The number of aromatic nitrogens is 2. The zero-order valence-electron chi connectivity index (χ0n) is 9.98. The van der Waals surface area contributed by atoms with Crippen LogP contribution in [0.3, 0.4) is 0 Å². The van der Waals surface area contributed by atoms with Crippen molar-refractivity contribution in [2.45, 2.75) is 26.4 Å². The van der Waals surface area contributed by atoms with Gasteiger partial charge in [-0.1, -0.05) is 13.0 Å². The maximum atomic E-state index is 4.17. The Morgan fingerprint density at radius 1 is 1.62 bits per heavy atom. The lowest BCUT2D eigenvalue weighted by Crippen LogP contribution is -2.18. The fraction of sp³-hybridized carbons (Fsp3) is 0.583. The molecule has 0 radical (unpaired) electrons. The van der Waals surface area contributed by atoms with Gasteiger partial charge >= 0.3 is 0 Å². The van der Waals surface area contributed by atoms with Crippen LogP contribution in [0.5, 0.6) is 0 Å². The number of nitrogens with zero attached hydrogens (tertiary/aromatic N) is 2. The molecular weight excluding hydrogens is 218 g/mol. The summed E-state index contributed by atoms with van der Waals surface area (Å²) in [6.45, 7) is 8.89. The first kappa shape index (κ1) is 13.3. The first-order valence-corrected chi connectivity index (χ1v) is 6.92. The molecule has 16 heavy (non-hydrogen) atoms. The maximum absolute atomic E-state index is 4.17. The van der Waals surface area contributed by atoms with Crippen LogP contribution in [0.1, 0.15) is 19.0 Å². The van der Waals surface area contributed by atoms with Crippen molar-refractivity contribution >= 4 is 11.8 Å². The molecule has 1 aromatic heterocycles. The van der Waals surface area contributed by atoms with Crippen LogP contribution in [0.15, 0.2) is 25.2 Å². The highest BCUT2D eigenvalue weighted by atomic mass is 32.2. The third-order valence-electron chi connectivity index (χ3n) is 2.23. The van der Waals surface area contributed by atoms with Gasteiger partial charge < -0.3 is 9.88 Å². The molecule has 0 aromatic carbocycles. The molecule has 0 saturated carbocycles. The molecule has 0 atom stereocenters. The molecule has 0 fully saturated rings. The number of nitrogens with one attached hydrogen (secondary N) is 1. The van der Waals surface area contributed by atoms with Gasteiger partial charge in [-0.15, -0.1) is 6.58 Å². The molecule has 0 aliphatic heterocycles. The van der Waals surface area contributed by atoms with Crippen LogP contribution in [0, 0.1) is 0 Å². The van der Waals surface area contributed by atoms with E-state index in [1.54, 1.807) is 0 Å². The molecular formula is C12H21N3S. The van der Waals surface area contributed by atoms with Crippen LogP contribution in [0.25, 0.3) is 0 Å². The van der Waals surface area contributed by atoms with E-state index < -0.39 is 0 Å². The minimum atomic E-state index is 0.911. The van der Waals surface area contributed by atoms with E-state index in [4.69, 9.17) is 0 Å². The molecule has 1 rings (SSSR count). The molecule has 0 aliphatic carbocycles. The molecule has 0 spiro atoms. The van der Waals surface area contributed by atoms with Crippen molar-refractivity contribution in [1.82, 2.24) is 14.9 Å². The van der Waals surface area contributed by atoms with Gasteiger partial charge in [-0.3, -0.25) is 0 Å². The highest BCUT2D eigenvalue weighted by molar-refractivity contribution is 7.99. The third-order valence-corrected chi connectivity index (χ3v) is 3.19. The third kappa shape index (κ3) is 4.86. The summed E-state index contributed by atoms with van der Waals surface area (Å²) in [6, 6.07) is 0. The fourth-order valence-corrected chi connectivity index (χ4v) is 2.09. The first-order chi connectivity index (χ1) is 7.88. The van der Waals surface area contributed by atoms with Crippen molar-refractivity contribution in [1.29, 1.82) is 0 Å². The van der Waals surface area contributed by atoms with E-state index in [1.807, 2.05) is 30.4 Å². The topological polar surface area (TPSA) is 29.9 Å². The Kier molecular flexibility index (Phi) is 7.01. The average Bonchev–Trinajstić information content (AvgIpc) is 2.72. The lowest BCUT2D eigenvalue weighted by atomic mass is 10.4. The second-order valence-corrected chi connectivity index (χ2v) is 4.77. The Labute approximate surface area is 102 Å². The van der Waals surface area contributed by atoms with Gasteiger partial charge in [0.2, 0.25) is 0 Å². The predicted octanol–water partition coefficient (Wildman–Crippen LogP) is 2.30. The lowest BCUT2D eigenvalue weighted by molar-refractivity contribution is 0.612. The van der Waals surface area contributed by atoms with Crippen molar-refractivity contribution < 1.29 is 0 Å². The van der Waals surface area contributed by atoms with Gasteiger partial charge in [-0.25, -0.2) is 4.98 Å². The van der Waals surface area contributed by atoms with Gasteiger partial charge in [0.15, 0.2) is 0 Å². The molecule has 90 valence electrons. The van der Waals surface area contributed by atoms with Gasteiger partial charge in [0.25, 0.3) is 0 Å². The van der Waals surface area contributed by atoms with Crippen molar-refractivity contribution in [3.63, 3.8) is 0 Å². The number of aryl methyl sites for hydroxylation is 1. The van der Waals surface area contributed by atoms with Crippen LogP contribution in [0.2, 0.25) is 0 Å². The second kappa shape index (κ2) is 8.42. The summed E-state index contributed by atoms with van der Waals surface area (Å²) in [7, 11) is 0. The molecule has 0 amide bonds. The van der Waals surface area contributed by atoms with E-state index in [-0.39, 0.29) is 0 Å². The summed E-state index contributed by atoms with van der Waals surface area (Å²) in [6.07, 6.45) is 6.95. The Morgan fingerprint density at radius 3 is 3.25 bits per heavy atom. The Morgan fingerprint density at radius 2 is 2.50 bits per heavy atom. The van der Waals surface area contributed by atoms with Crippen molar-refractivity contribution in [2.24, 2.45) is 0 Å². The molecule has 0 saturated heterocycles. The van der Waals surface area contributed by atoms with Crippen LogP contribution in [-0.2, 0) is 13.1 Å². The summed E-state index contributed by atoms with van der Waals surface area (Å²) in [5.41, 5.74) is 1.27. The van der Waals surface area contributed by atoms with E-state index in [0.717, 1.165) is 37.6 Å². The zero-order valence-corrected chi connectivity index (χ0v) is 10.8. The van der Waals surface area contributed by atoms with Crippen molar-refractivity contribution in [3.8, 4) is 0 Å². The van der Waals surface area contributed by atoms with Crippen LogP contribution < -0.4 is 5.32 Å². The summed E-state index contributed by atoms with van der Waals surface area (Å²) < 4.78 is 2.21.